The minimum atomic E-state index is -3.41. The quantitative estimate of drug-likeness (QED) is 0.683. The van der Waals surface area contributed by atoms with Crippen molar-refractivity contribution in [3.8, 4) is 0 Å². The molecule has 1 aromatic heterocycles. The summed E-state index contributed by atoms with van der Waals surface area (Å²) in [4.78, 5) is 11.1. The topological polar surface area (TPSA) is 114 Å². The normalized spacial score (nSPS) is 11.2. The second kappa shape index (κ2) is 6.01. The molecule has 1 rings (SSSR count). The highest BCUT2D eigenvalue weighted by atomic mass is 32.2. The average molecular weight is 292 g/mol. The molecule has 4 N–H and O–H groups in total. The minimum absolute atomic E-state index is 0.00398. The largest absolute Gasteiger partial charge is 0.382 e. The smallest absolute Gasteiger partial charge is 0.221 e. The van der Waals surface area contributed by atoms with Crippen LogP contribution in [-0.2, 0) is 14.6 Å². The first-order chi connectivity index (χ1) is 8.42. The Morgan fingerprint density at radius 3 is 2.72 bits per heavy atom. The summed E-state index contributed by atoms with van der Waals surface area (Å²) in [5, 5.41) is 5.74. The van der Waals surface area contributed by atoms with Crippen molar-refractivity contribution in [1.82, 2.24) is 9.69 Å². The molecular formula is C9H16N4O3S2. The number of hydrogen-bond acceptors (Lipinski definition) is 7. The van der Waals surface area contributed by atoms with E-state index in [9.17, 15) is 13.2 Å². The standard InChI is InChI=1S/C9H16N4O3S2/c1-3-18(15,16)7-8(10)13-17-9(7)12-5-4-6(14)11-2/h12H,3-5H2,1-2H3,(H2,10,13)(H,11,14). The average Bonchev–Trinajstić information content (AvgIpc) is 2.71. The van der Waals surface area contributed by atoms with Crippen molar-refractivity contribution in [3.05, 3.63) is 0 Å². The maximum Gasteiger partial charge on any atom is 0.221 e. The molecular weight excluding hydrogens is 276 g/mol. The van der Waals surface area contributed by atoms with Crippen LogP contribution in [0.25, 0.3) is 0 Å². The van der Waals surface area contributed by atoms with Crippen LogP contribution in [-0.4, -0.2) is 38.0 Å². The molecule has 0 saturated heterocycles. The molecule has 1 heterocycles. The summed E-state index contributed by atoms with van der Waals surface area (Å²) in [5.41, 5.74) is 5.56. The van der Waals surface area contributed by atoms with Crippen LogP contribution >= 0.6 is 11.5 Å². The summed E-state index contributed by atoms with van der Waals surface area (Å²) in [6, 6.07) is 0. The molecule has 1 amide bonds. The van der Waals surface area contributed by atoms with Crippen molar-refractivity contribution in [3.63, 3.8) is 0 Å². The third-order valence-corrected chi connectivity index (χ3v) is 5.03. The van der Waals surface area contributed by atoms with E-state index in [1.54, 1.807) is 14.0 Å². The van der Waals surface area contributed by atoms with Gasteiger partial charge in [-0.05, 0) is 11.5 Å². The Hall–Kier alpha value is -1.35. The molecule has 0 aliphatic carbocycles. The maximum atomic E-state index is 11.8. The molecule has 7 nitrogen and oxygen atoms in total. The summed E-state index contributed by atoms with van der Waals surface area (Å²) in [6.45, 7) is 1.87. The molecule has 0 unspecified atom stereocenters. The number of nitrogens with zero attached hydrogens (tertiary/aromatic N) is 1. The van der Waals surface area contributed by atoms with Crippen molar-refractivity contribution in [2.75, 3.05) is 30.4 Å². The molecule has 9 heteroatoms. The van der Waals surface area contributed by atoms with E-state index in [2.05, 4.69) is 15.0 Å². The van der Waals surface area contributed by atoms with Gasteiger partial charge in [-0.3, -0.25) is 4.79 Å². The zero-order valence-corrected chi connectivity index (χ0v) is 11.8. The molecule has 1 aromatic rings. The van der Waals surface area contributed by atoms with E-state index < -0.39 is 9.84 Å². The first-order valence-corrected chi connectivity index (χ1v) is 7.77. The highest BCUT2D eigenvalue weighted by Gasteiger charge is 2.23. The van der Waals surface area contributed by atoms with Crippen molar-refractivity contribution in [2.24, 2.45) is 0 Å². The first-order valence-electron chi connectivity index (χ1n) is 5.34. The first kappa shape index (κ1) is 14.7. The second-order valence-electron chi connectivity index (χ2n) is 3.48. The summed E-state index contributed by atoms with van der Waals surface area (Å²) in [5.74, 6) is -0.163. The number of carbonyl (C=O) groups excluding carboxylic acids is 1. The molecule has 0 fully saturated rings. The summed E-state index contributed by atoms with van der Waals surface area (Å²) >= 11 is 0.981. The van der Waals surface area contributed by atoms with Gasteiger partial charge in [-0.2, -0.15) is 4.37 Å². The minimum Gasteiger partial charge on any atom is -0.382 e. The molecule has 0 spiro atoms. The number of nitrogen functional groups attached to an aromatic ring is 1. The lowest BCUT2D eigenvalue weighted by Gasteiger charge is -2.06. The number of carbonyl (C=O) groups is 1. The van der Waals surface area contributed by atoms with Gasteiger partial charge in [-0.15, -0.1) is 0 Å². The molecule has 0 aliphatic rings. The van der Waals surface area contributed by atoms with Crippen LogP contribution in [0.2, 0.25) is 0 Å². The Balaban J connectivity index is 2.82. The van der Waals surface area contributed by atoms with Crippen LogP contribution in [0.1, 0.15) is 13.3 Å². The highest BCUT2D eigenvalue weighted by Crippen LogP contribution is 2.32. The Morgan fingerprint density at radius 2 is 2.17 bits per heavy atom. The van der Waals surface area contributed by atoms with E-state index in [0.717, 1.165) is 11.5 Å². The Labute approximate surface area is 110 Å². The lowest BCUT2D eigenvalue weighted by molar-refractivity contribution is -0.120. The van der Waals surface area contributed by atoms with E-state index in [-0.39, 0.29) is 28.8 Å². The Bertz CT molecular complexity index is 524. The van der Waals surface area contributed by atoms with Gasteiger partial charge in [0, 0.05) is 20.0 Å². The van der Waals surface area contributed by atoms with Gasteiger partial charge in [-0.1, -0.05) is 6.92 Å². The van der Waals surface area contributed by atoms with Crippen LogP contribution in [0.3, 0.4) is 0 Å². The van der Waals surface area contributed by atoms with E-state index in [1.165, 1.54) is 0 Å². The number of amides is 1. The van der Waals surface area contributed by atoms with Crippen molar-refractivity contribution < 1.29 is 13.2 Å². The van der Waals surface area contributed by atoms with Crippen LogP contribution in [0, 0.1) is 0 Å². The zero-order valence-electron chi connectivity index (χ0n) is 10.2. The number of nitrogens with two attached hydrogens (primary N) is 1. The monoisotopic (exact) mass is 292 g/mol. The third-order valence-electron chi connectivity index (χ3n) is 2.28. The van der Waals surface area contributed by atoms with Gasteiger partial charge in [-0.25, -0.2) is 8.42 Å². The molecule has 0 saturated carbocycles. The molecule has 0 bridgehead atoms. The number of hydrogen-bond donors (Lipinski definition) is 3. The lowest BCUT2D eigenvalue weighted by atomic mass is 10.4. The summed E-state index contributed by atoms with van der Waals surface area (Å²) < 4.78 is 27.5. The SMILES string of the molecule is CCS(=O)(=O)c1c(N)nsc1NCCC(=O)NC. The number of anilines is 2. The van der Waals surface area contributed by atoms with Gasteiger partial charge < -0.3 is 16.4 Å². The van der Waals surface area contributed by atoms with Crippen LogP contribution in [0.15, 0.2) is 4.90 Å². The molecule has 0 atom stereocenters. The number of nitrogens with one attached hydrogen (secondary N) is 2. The van der Waals surface area contributed by atoms with E-state index in [1.807, 2.05) is 0 Å². The van der Waals surface area contributed by atoms with Gasteiger partial charge in [0.2, 0.25) is 5.91 Å². The van der Waals surface area contributed by atoms with Gasteiger partial charge >= 0.3 is 0 Å². The predicted octanol–water partition coefficient (Wildman–Crippen LogP) is 0.0669. The molecule has 102 valence electrons. The predicted molar refractivity (Wildman–Crippen MR) is 71.4 cm³/mol. The van der Waals surface area contributed by atoms with Crippen molar-refractivity contribution in [1.29, 1.82) is 0 Å². The van der Waals surface area contributed by atoms with Gasteiger partial charge in [0.1, 0.15) is 9.90 Å². The summed E-state index contributed by atoms with van der Waals surface area (Å²) in [7, 11) is -1.87. The zero-order chi connectivity index (χ0) is 13.8. The Morgan fingerprint density at radius 1 is 1.50 bits per heavy atom. The summed E-state index contributed by atoms with van der Waals surface area (Å²) in [6.07, 6.45) is 0.250. The van der Waals surface area contributed by atoms with Gasteiger partial charge in [0.25, 0.3) is 0 Å². The lowest BCUT2D eigenvalue weighted by Crippen LogP contribution is -2.21. The van der Waals surface area contributed by atoms with Gasteiger partial charge in [0.15, 0.2) is 15.7 Å². The number of sulfone groups is 1. The highest BCUT2D eigenvalue weighted by molar-refractivity contribution is 7.91. The van der Waals surface area contributed by atoms with Crippen molar-refractivity contribution in [2.45, 2.75) is 18.2 Å². The number of aromatic nitrogens is 1. The van der Waals surface area contributed by atoms with Crippen LogP contribution in [0.4, 0.5) is 10.8 Å². The fourth-order valence-electron chi connectivity index (χ4n) is 1.27. The van der Waals surface area contributed by atoms with Crippen molar-refractivity contribution >= 4 is 38.1 Å². The number of rotatable bonds is 6. The molecule has 0 aliphatic heterocycles. The second-order valence-corrected chi connectivity index (χ2v) is 6.47. The third kappa shape index (κ3) is 3.33. The van der Waals surface area contributed by atoms with Crippen LogP contribution < -0.4 is 16.4 Å². The fourth-order valence-corrected chi connectivity index (χ4v) is 3.46. The molecule has 18 heavy (non-hydrogen) atoms. The Kier molecular flexibility index (Phi) is 4.91. The fraction of sp³-hybridized carbons (Fsp3) is 0.556. The molecule has 0 aromatic carbocycles. The molecule has 0 radical (unpaired) electrons. The van der Waals surface area contributed by atoms with Gasteiger partial charge in [0.05, 0.1) is 5.75 Å². The van der Waals surface area contributed by atoms with Crippen LogP contribution in [0.5, 0.6) is 0 Å². The van der Waals surface area contributed by atoms with E-state index >= 15 is 0 Å². The maximum absolute atomic E-state index is 11.8. The van der Waals surface area contributed by atoms with E-state index in [4.69, 9.17) is 5.73 Å². The van der Waals surface area contributed by atoms with E-state index in [0.29, 0.717) is 11.5 Å².